The van der Waals surface area contributed by atoms with E-state index in [2.05, 4.69) is 34.6 Å². The van der Waals surface area contributed by atoms with Gasteiger partial charge in [-0.15, -0.1) is 0 Å². The highest BCUT2D eigenvalue weighted by atomic mass is 16.2. The van der Waals surface area contributed by atoms with Gasteiger partial charge in [0.2, 0.25) is 5.91 Å². The van der Waals surface area contributed by atoms with Crippen LogP contribution in [0.25, 0.3) is 10.9 Å². The van der Waals surface area contributed by atoms with Crippen LogP contribution in [0.5, 0.6) is 0 Å². The Bertz CT molecular complexity index is 885. The molecule has 148 valence electrons. The van der Waals surface area contributed by atoms with Crippen LogP contribution in [0.2, 0.25) is 0 Å². The van der Waals surface area contributed by atoms with Crippen LogP contribution < -0.4 is 0 Å². The summed E-state index contributed by atoms with van der Waals surface area (Å²) in [6.07, 6.45) is 10.2. The fraction of sp³-hybridized carbons (Fsp3) is 0.583. The predicted octanol–water partition coefficient (Wildman–Crippen LogP) is 5.04. The van der Waals surface area contributed by atoms with Crippen LogP contribution in [-0.2, 0) is 17.8 Å². The van der Waals surface area contributed by atoms with Crippen molar-refractivity contribution in [3.8, 4) is 6.07 Å². The zero-order valence-corrected chi connectivity index (χ0v) is 17.0. The molecular weight excluding hydrogens is 346 g/mol. The van der Waals surface area contributed by atoms with Gasteiger partial charge in [-0.1, -0.05) is 18.9 Å². The predicted molar refractivity (Wildman–Crippen MR) is 112 cm³/mol. The van der Waals surface area contributed by atoms with Gasteiger partial charge >= 0.3 is 0 Å². The molecule has 0 bridgehead atoms. The standard InChI is InChI=1S/C24H31N3O/c1-2-26-22(16-20-10-9-19(17-25)14-23(20)26)12-11-21-8-5-13-27(21)24(28)15-18-6-3-4-7-18/h9-10,14,16,18,21H,2-8,11-13,15H2,1H3. The summed E-state index contributed by atoms with van der Waals surface area (Å²) in [6, 6.07) is 10.8. The number of nitrogens with zero attached hydrogens (tertiary/aromatic N) is 3. The maximum absolute atomic E-state index is 12.8. The minimum atomic E-state index is 0.393. The highest BCUT2D eigenvalue weighted by Gasteiger charge is 2.30. The minimum absolute atomic E-state index is 0.393. The third-order valence-electron chi connectivity index (χ3n) is 6.80. The molecule has 0 spiro atoms. The molecule has 28 heavy (non-hydrogen) atoms. The lowest BCUT2D eigenvalue weighted by atomic mass is 10.0. The van der Waals surface area contributed by atoms with E-state index in [1.54, 1.807) is 0 Å². The number of carbonyl (C=O) groups excluding carboxylic acids is 1. The summed E-state index contributed by atoms with van der Waals surface area (Å²) in [6.45, 7) is 4.01. The van der Waals surface area contributed by atoms with Gasteiger partial charge in [0, 0.05) is 36.8 Å². The molecule has 0 radical (unpaired) electrons. The molecule has 2 heterocycles. The van der Waals surface area contributed by atoms with E-state index in [-0.39, 0.29) is 0 Å². The Hall–Kier alpha value is -2.28. The number of benzene rings is 1. The Balaban J connectivity index is 1.44. The first-order valence-electron chi connectivity index (χ1n) is 11.0. The third-order valence-corrected chi connectivity index (χ3v) is 6.80. The first-order valence-corrected chi connectivity index (χ1v) is 11.0. The second-order valence-corrected chi connectivity index (χ2v) is 8.54. The number of rotatable bonds is 6. The number of likely N-dealkylation sites (tertiary alicyclic amines) is 1. The third kappa shape index (κ3) is 3.81. The average molecular weight is 378 g/mol. The second-order valence-electron chi connectivity index (χ2n) is 8.54. The summed E-state index contributed by atoms with van der Waals surface area (Å²) < 4.78 is 2.33. The Morgan fingerprint density at radius 3 is 2.75 bits per heavy atom. The molecule has 2 aromatic rings. The molecular formula is C24H31N3O. The average Bonchev–Trinajstić information content (AvgIpc) is 3.44. The molecule has 1 aliphatic carbocycles. The Kier molecular flexibility index (Phi) is 5.71. The van der Waals surface area contributed by atoms with Crippen LogP contribution in [0, 0.1) is 17.2 Å². The van der Waals surface area contributed by atoms with Gasteiger partial charge in [-0.05, 0) is 75.0 Å². The fourth-order valence-corrected chi connectivity index (χ4v) is 5.32. The highest BCUT2D eigenvalue weighted by Crippen LogP contribution is 2.31. The molecule has 1 saturated heterocycles. The monoisotopic (exact) mass is 377 g/mol. The number of hydrogen-bond donors (Lipinski definition) is 0. The summed E-state index contributed by atoms with van der Waals surface area (Å²) in [5.74, 6) is 1.02. The summed E-state index contributed by atoms with van der Waals surface area (Å²) in [4.78, 5) is 15.0. The normalized spacial score (nSPS) is 20.1. The molecule has 0 N–H and O–H groups in total. The highest BCUT2D eigenvalue weighted by molar-refractivity contribution is 5.82. The summed E-state index contributed by atoms with van der Waals surface area (Å²) in [5, 5.41) is 10.4. The lowest BCUT2D eigenvalue weighted by molar-refractivity contribution is -0.133. The molecule has 1 amide bonds. The molecule has 1 aromatic carbocycles. The van der Waals surface area contributed by atoms with E-state index in [0.29, 0.717) is 23.4 Å². The van der Waals surface area contributed by atoms with E-state index >= 15 is 0 Å². The number of hydrogen-bond acceptors (Lipinski definition) is 2. The quantitative estimate of drug-likeness (QED) is 0.708. The second kappa shape index (κ2) is 8.39. The van der Waals surface area contributed by atoms with Gasteiger partial charge in [0.15, 0.2) is 0 Å². The van der Waals surface area contributed by atoms with Crippen molar-refractivity contribution >= 4 is 16.8 Å². The molecule has 1 aliphatic heterocycles. The van der Waals surface area contributed by atoms with E-state index < -0.39 is 0 Å². The number of nitriles is 1. The van der Waals surface area contributed by atoms with Crippen molar-refractivity contribution in [3.63, 3.8) is 0 Å². The Labute approximate surface area is 168 Å². The van der Waals surface area contributed by atoms with Crippen molar-refractivity contribution in [3.05, 3.63) is 35.5 Å². The van der Waals surface area contributed by atoms with Crippen molar-refractivity contribution in [1.29, 1.82) is 5.26 Å². The maximum Gasteiger partial charge on any atom is 0.223 e. The van der Waals surface area contributed by atoms with Gasteiger partial charge in [0.05, 0.1) is 11.6 Å². The lowest BCUT2D eigenvalue weighted by Gasteiger charge is -2.26. The van der Waals surface area contributed by atoms with Gasteiger partial charge in [-0.3, -0.25) is 4.79 Å². The first kappa shape index (κ1) is 19.1. The van der Waals surface area contributed by atoms with Gasteiger partial charge in [-0.25, -0.2) is 0 Å². The van der Waals surface area contributed by atoms with Crippen molar-refractivity contribution < 1.29 is 4.79 Å². The van der Waals surface area contributed by atoms with Gasteiger partial charge in [0.25, 0.3) is 0 Å². The largest absolute Gasteiger partial charge is 0.345 e. The number of aromatic nitrogens is 1. The van der Waals surface area contributed by atoms with Crippen molar-refractivity contribution in [1.82, 2.24) is 9.47 Å². The molecule has 2 aliphatic rings. The lowest BCUT2D eigenvalue weighted by Crippen LogP contribution is -2.36. The smallest absolute Gasteiger partial charge is 0.223 e. The van der Waals surface area contributed by atoms with Gasteiger partial charge in [0.1, 0.15) is 0 Å². The molecule has 1 saturated carbocycles. The van der Waals surface area contributed by atoms with Crippen LogP contribution in [0.4, 0.5) is 0 Å². The number of fused-ring (bicyclic) bond motifs is 1. The van der Waals surface area contributed by atoms with E-state index in [1.165, 1.54) is 36.8 Å². The van der Waals surface area contributed by atoms with E-state index in [1.807, 2.05) is 12.1 Å². The summed E-state index contributed by atoms with van der Waals surface area (Å²) >= 11 is 0. The van der Waals surface area contributed by atoms with E-state index in [9.17, 15) is 10.1 Å². The molecule has 1 unspecified atom stereocenters. The SMILES string of the molecule is CCn1c(CCC2CCCN2C(=O)CC2CCCC2)cc2ccc(C#N)cc21. The van der Waals surface area contributed by atoms with E-state index in [0.717, 1.165) is 50.7 Å². The van der Waals surface area contributed by atoms with Crippen LogP contribution in [0.15, 0.2) is 24.3 Å². The van der Waals surface area contributed by atoms with Crippen molar-refractivity contribution in [2.45, 2.75) is 77.3 Å². The molecule has 4 nitrogen and oxygen atoms in total. The number of amides is 1. The van der Waals surface area contributed by atoms with Gasteiger partial charge < -0.3 is 9.47 Å². The van der Waals surface area contributed by atoms with Crippen molar-refractivity contribution in [2.75, 3.05) is 6.54 Å². The molecule has 2 fully saturated rings. The first-order chi connectivity index (χ1) is 13.7. The number of carbonyl (C=O) groups is 1. The molecule has 1 aromatic heterocycles. The van der Waals surface area contributed by atoms with Crippen LogP contribution in [0.1, 0.15) is 69.5 Å². The molecule has 4 heteroatoms. The van der Waals surface area contributed by atoms with Crippen LogP contribution >= 0.6 is 0 Å². The van der Waals surface area contributed by atoms with Crippen molar-refractivity contribution in [2.24, 2.45) is 5.92 Å². The maximum atomic E-state index is 12.8. The zero-order chi connectivity index (χ0) is 19.5. The topological polar surface area (TPSA) is 49.0 Å². The van der Waals surface area contributed by atoms with E-state index in [4.69, 9.17) is 0 Å². The number of aryl methyl sites for hydroxylation is 2. The fourth-order valence-electron chi connectivity index (χ4n) is 5.32. The Morgan fingerprint density at radius 2 is 2.00 bits per heavy atom. The summed E-state index contributed by atoms with van der Waals surface area (Å²) in [5.41, 5.74) is 3.19. The Morgan fingerprint density at radius 1 is 1.18 bits per heavy atom. The van der Waals surface area contributed by atoms with Crippen LogP contribution in [-0.4, -0.2) is 28.0 Å². The summed E-state index contributed by atoms with van der Waals surface area (Å²) in [7, 11) is 0. The van der Waals surface area contributed by atoms with Crippen LogP contribution in [0.3, 0.4) is 0 Å². The molecule has 1 atom stereocenters. The minimum Gasteiger partial charge on any atom is -0.345 e. The zero-order valence-electron chi connectivity index (χ0n) is 17.0. The van der Waals surface area contributed by atoms with Gasteiger partial charge in [-0.2, -0.15) is 5.26 Å². The molecule has 4 rings (SSSR count).